The van der Waals surface area contributed by atoms with Crippen LogP contribution in [-0.4, -0.2) is 12.1 Å². The lowest BCUT2D eigenvalue weighted by Crippen LogP contribution is -2.44. The van der Waals surface area contributed by atoms with Gasteiger partial charge < -0.3 is 5.32 Å². The maximum absolute atomic E-state index is 3.96. The SMILES string of the molecule is CC1CC(C)CC(NC2CCc3ccccc3C2)C1. The van der Waals surface area contributed by atoms with Crippen molar-refractivity contribution in [3.8, 4) is 0 Å². The smallest absolute Gasteiger partial charge is 0.0113 e. The van der Waals surface area contributed by atoms with Gasteiger partial charge in [0.1, 0.15) is 0 Å². The third-order valence-corrected chi connectivity index (χ3v) is 5.00. The van der Waals surface area contributed by atoms with E-state index in [4.69, 9.17) is 0 Å². The lowest BCUT2D eigenvalue weighted by atomic mass is 9.79. The Labute approximate surface area is 117 Å². The van der Waals surface area contributed by atoms with E-state index in [2.05, 4.69) is 43.4 Å². The van der Waals surface area contributed by atoms with Crippen molar-refractivity contribution in [3.63, 3.8) is 0 Å². The van der Waals surface area contributed by atoms with Gasteiger partial charge in [0.25, 0.3) is 0 Å². The summed E-state index contributed by atoms with van der Waals surface area (Å²) in [4.78, 5) is 0. The van der Waals surface area contributed by atoms with Crippen LogP contribution in [0.3, 0.4) is 0 Å². The minimum atomic E-state index is 0.706. The van der Waals surface area contributed by atoms with Crippen LogP contribution in [0.15, 0.2) is 24.3 Å². The molecule has 1 N–H and O–H groups in total. The Morgan fingerprint density at radius 3 is 2.32 bits per heavy atom. The number of hydrogen-bond donors (Lipinski definition) is 1. The van der Waals surface area contributed by atoms with Crippen LogP contribution in [-0.2, 0) is 12.8 Å². The second-order valence-corrected chi connectivity index (χ2v) is 6.99. The Balaban J connectivity index is 1.60. The van der Waals surface area contributed by atoms with Gasteiger partial charge in [0.15, 0.2) is 0 Å². The molecule has 1 nitrogen and oxygen atoms in total. The third-order valence-electron chi connectivity index (χ3n) is 5.00. The molecule has 0 saturated heterocycles. The molecular weight excluding hydrogens is 230 g/mol. The molecule has 19 heavy (non-hydrogen) atoms. The minimum absolute atomic E-state index is 0.706. The van der Waals surface area contributed by atoms with E-state index in [1.165, 1.54) is 38.5 Å². The molecule has 2 aliphatic rings. The molecule has 1 saturated carbocycles. The fraction of sp³-hybridized carbons (Fsp3) is 0.667. The molecule has 1 aromatic rings. The average Bonchev–Trinajstić information content (AvgIpc) is 2.37. The van der Waals surface area contributed by atoms with Crippen molar-refractivity contribution >= 4 is 0 Å². The highest BCUT2D eigenvalue weighted by Crippen LogP contribution is 2.30. The van der Waals surface area contributed by atoms with E-state index in [1.54, 1.807) is 11.1 Å². The van der Waals surface area contributed by atoms with Crippen molar-refractivity contribution in [1.29, 1.82) is 0 Å². The summed E-state index contributed by atoms with van der Waals surface area (Å²) in [5, 5.41) is 3.96. The zero-order valence-corrected chi connectivity index (χ0v) is 12.4. The van der Waals surface area contributed by atoms with Crippen LogP contribution in [0.2, 0.25) is 0 Å². The molecule has 0 spiro atoms. The highest BCUT2D eigenvalue weighted by molar-refractivity contribution is 5.30. The van der Waals surface area contributed by atoms with Gasteiger partial charge in [-0.25, -0.2) is 0 Å². The Bertz CT molecular complexity index is 415. The van der Waals surface area contributed by atoms with Gasteiger partial charge in [-0.15, -0.1) is 0 Å². The van der Waals surface area contributed by atoms with Crippen molar-refractivity contribution in [1.82, 2.24) is 5.32 Å². The summed E-state index contributed by atoms with van der Waals surface area (Å²) in [6.07, 6.45) is 7.98. The molecule has 104 valence electrons. The molecule has 3 rings (SSSR count). The number of fused-ring (bicyclic) bond motifs is 1. The van der Waals surface area contributed by atoms with Gasteiger partial charge in [0, 0.05) is 12.1 Å². The van der Waals surface area contributed by atoms with Crippen LogP contribution in [0, 0.1) is 11.8 Å². The Morgan fingerprint density at radius 1 is 0.895 bits per heavy atom. The molecule has 0 radical (unpaired) electrons. The van der Waals surface area contributed by atoms with Crippen LogP contribution in [0.4, 0.5) is 0 Å². The normalized spacial score (nSPS) is 34.8. The molecule has 0 aliphatic heterocycles. The molecule has 0 bridgehead atoms. The third kappa shape index (κ3) is 3.20. The number of nitrogens with one attached hydrogen (secondary N) is 1. The number of aryl methyl sites for hydroxylation is 1. The van der Waals surface area contributed by atoms with Crippen molar-refractivity contribution in [3.05, 3.63) is 35.4 Å². The summed E-state index contributed by atoms with van der Waals surface area (Å²) in [6, 6.07) is 10.4. The van der Waals surface area contributed by atoms with Gasteiger partial charge in [-0.2, -0.15) is 0 Å². The summed E-state index contributed by atoms with van der Waals surface area (Å²) in [5.41, 5.74) is 3.15. The van der Waals surface area contributed by atoms with Gasteiger partial charge in [-0.1, -0.05) is 38.1 Å². The first-order chi connectivity index (χ1) is 9.20. The van der Waals surface area contributed by atoms with Crippen LogP contribution in [0.1, 0.15) is 50.7 Å². The van der Waals surface area contributed by atoms with Crippen LogP contribution >= 0.6 is 0 Å². The maximum Gasteiger partial charge on any atom is 0.0113 e. The van der Waals surface area contributed by atoms with Crippen molar-refractivity contribution in [2.45, 2.75) is 64.5 Å². The molecule has 0 amide bonds. The first-order valence-corrected chi connectivity index (χ1v) is 8.03. The van der Waals surface area contributed by atoms with Gasteiger partial charge in [0.05, 0.1) is 0 Å². The lowest BCUT2D eigenvalue weighted by molar-refractivity contribution is 0.220. The topological polar surface area (TPSA) is 12.0 Å². The number of rotatable bonds is 2. The van der Waals surface area contributed by atoms with E-state index in [0.29, 0.717) is 6.04 Å². The van der Waals surface area contributed by atoms with Crippen LogP contribution < -0.4 is 5.32 Å². The van der Waals surface area contributed by atoms with E-state index in [9.17, 15) is 0 Å². The van der Waals surface area contributed by atoms with E-state index < -0.39 is 0 Å². The molecule has 3 unspecified atom stereocenters. The van der Waals surface area contributed by atoms with E-state index in [0.717, 1.165) is 17.9 Å². The van der Waals surface area contributed by atoms with Crippen LogP contribution in [0.25, 0.3) is 0 Å². The van der Waals surface area contributed by atoms with Crippen molar-refractivity contribution in [2.24, 2.45) is 11.8 Å². The predicted molar refractivity (Wildman–Crippen MR) is 81.4 cm³/mol. The standard InChI is InChI=1S/C18H27N/c1-13-9-14(2)11-18(10-13)19-17-8-7-15-5-3-4-6-16(15)12-17/h3-6,13-14,17-19H,7-12H2,1-2H3. The highest BCUT2D eigenvalue weighted by atomic mass is 15.0. The molecule has 1 heteroatoms. The van der Waals surface area contributed by atoms with E-state index in [-0.39, 0.29) is 0 Å². The Morgan fingerprint density at radius 2 is 1.58 bits per heavy atom. The molecule has 0 aromatic heterocycles. The fourth-order valence-electron chi connectivity index (χ4n) is 4.26. The summed E-state index contributed by atoms with van der Waals surface area (Å²) >= 11 is 0. The Kier molecular flexibility index (Phi) is 3.93. The molecule has 0 heterocycles. The van der Waals surface area contributed by atoms with E-state index in [1.807, 2.05) is 0 Å². The molecule has 1 fully saturated rings. The van der Waals surface area contributed by atoms with Crippen molar-refractivity contribution in [2.75, 3.05) is 0 Å². The quantitative estimate of drug-likeness (QED) is 0.845. The van der Waals surface area contributed by atoms with Gasteiger partial charge in [0.2, 0.25) is 0 Å². The highest BCUT2D eigenvalue weighted by Gasteiger charge is 2.27. The molecular formula is C18H27N. The zero-order chi connectivity index (χ0) is 13.2. The second kappa shape index (κ2) is 5.66. The monoisotopic (exact) mass is 257 g/mol. The van der Waals surface area contributed by atoms with Crippen LogP contribution in [0.5, 0.6) is 0 Å². The second-order valence-electron chi connectivity index (χ2n) is 6.99. The maximum atomic E-state index is 3.96. The molecule has 1 aromatic carbocycles. The fourth-order valence-corrected chi connectivity index (χ4v) is 4.26. The molecule has 2 aliphatic carbocycles. The zero-order valence-electron chi connectivity index (χ0n) is 12.4. The predicted octanol–water partition coefficient (Wildman–Crippen LogP) is 3.96. The summed E-state index contributed by atoms with van der Waals surface area (Å²) in [7, 11) is 0. The molecule has 3 atom stereocenters. The summed E-state index contributed by atoms with van der Waals surface area (Å²) < 4.78 is 0. The number of benzene rings is 1. The Hall–Kier alpha value is -0.820. The van der Waals surface area contributed by atoms with E-state index >= 15 is 0 Å². The van der Waals surface area contributed by atoms with Gasteiger partial charge >= 0.3 is 0 Å². The van der Waals surface area contributed by atoms with Crippen molar-refractivity contribution < 1.29 is 0 Å². The van der Waals surface area contributed by atoms with Gasteiger partial charge in [-0.05, 0) is 61.5 Å². The largest absolute Gasteiger partial charge is 0.311 e. The minimum Gasteiger partial charge on any atom is -0.311 e. The average molecular weight is 257 g/mol. The first-order valence-electron chi connectivity index (χ1n) is 8.03. The number of hydrogen-bond acceptors (Lipinski definition) is 1. The first kappa shape index (κ1) is 13.2. The lowest BCUT2D eigenvalue weighted by Gasteiger charge is -2.36. The summed E-state index contributed by atoms with van der Waals surface area (Å²) in [5.74, 6) is 1.80. The summed E-state index contributed by atoms with van der Waals surface area (Å²) in [6.45, 7) is 4.83. The van der Waals surface area contributed by atoms with Gasteiger partial charge in [-0.3, -0.25) is 0 Å².